The summed E-state index contributed by atoms with van der Waals surface area (Å²) in [5.41, 5.74) is 1.60. The number of piperidine rings is 1. The van der Waals surface area contributed by atoms with Crippen LogP contribution in [-0.2, 0) is 42.9 Å². The number of esters is 1. The Hall–Kier alpha value is -2.78. The van der Waals surface area contributed by atoms with Gasteiger partial charge in [0.25, 0.3) is 11.7 Å². The maximum Gasteiger partial charge on any atom is 0.329 e. The number of ether oxygens (including phenoxy) is 5. The summed E-state index contributed by atoms with van der Waals surface area (Å²) in [4.78, 5) is 58.0. The minimum Gasteiger partial charge on any atom is -0.460 e. The minimum atomic E-state index is -2.50. The third-order valence-corrected chi connectivity index (χ3v) is 12.9. The molecule has 0 aromatic carbocycles. The van der Waals surface area contributed by atoms with E-state index in [1.807, 2.05) is 26.0 Å². The van der Waals surface area contributed by atoms with Gasteiger partial charge in [-0.3, -0.25) is 14.4 Å². The lowest BCUT2D eigenvalue weighted by atomic mass is 9.81. The number of carbonyl (C=O) groups is 4. The number of amides is 1. The molecule has 2 bridgehead atoms. The molecular formula is C44H69NO12. The van der Waals surface area contributed by atoms with Crippen LogP contribution in [0, 0.1) is 29.6 Å². The molecule has 13 heteroatoms. The zero-order valence-corrected chi connectivity index (χ0v) is 35.4. The molecule has 1 amide bonds. The summed E-state index contributed by atoms with van der Waals surface area (Å²) in [5.74, 6) is -7.80. The molecule has 1 aliphatic carbocycles. The first-order chi connectivity index (χ1) is 27.0. The Labute approximate surface area is 339 Å². The van der Waals surface area contributed by atoms with Crippen molar-refractivity contribution in [2.45, 2.75) is 160 Å². The highest BCUT2D eigenvalue weighted by Crippen LogP contribution is 2.39. The molecule has 3 fully saturated rings. The minimum absolute atomic E-state index is 0.0120. The highest BCUT2D eigenvalue weighted by atomic mass is 16.7. The molecule has 0 aromatic heterocycles. The largest absolute Gasteiger partial charge is 0.460 e. The van der Waals surface area contributed by atoms with Gasteiger partial charge in [0.2, 0.25) is 5.79 Å². The molecule has 322 valence electrons. The Kier molecular flexibility index (Phi) is 17.2. The van der Waals surface area contributed by atoms with Crippen molar-refractivity contribution in [3.05, 3.63) is 36.0 Å². The Balaban J connectivity index is 1.74. The predicted molar refractivity (Wildman–Crippen MR) is 213 cm³/mol. The number of aliphatic hydroxyl groups excluding tert-OH is 2. The number of rotatable bonds is 9. The number of Topliss-reactive ketones (excluding diaryl/α,β-unsaturated/α-hetero) is 2. The van der Waals surface area contributed by atoms with E-state index in [-0.39, 0.29) is 49.5 Å². The maximum atomic E-state index is 14.3. The van der Waals surface area contributed by atoms with Crippen LogP contribution < -0.4 is 0 Å². The summed E-state index contributed by atoms with van der Waals surface area (Å²) in [6, 6.07) is -1.17. The van der Waals surface area contributed by atoms with E-state index in [0.717, 1.165) is 10.5 Å². The fourth-order valence-electron chi connectivity index (χ4n) is 9.40. The van der Waals surface area contributed by atoms with Crippen LogP contribution in [0.15, 0.2) is 36.0 Å². The quantitative estimate of drug-likeness (QED) is 0.168. The summed E-state index contributed by atoms with van der Waals surface area (Å²) in [5, 5.41) is 34.0. The molecule has 0 spiro atoms. The highest BCUT2D eigenvalue weighted by Gasteiger charge is 2.56. The zero-order valence-electron chi connectivity index (χ0n) is 35.4. The van der Waals surface area contributed by atoms with Crippen LogP contribution in [0.4, 0.5) is 0 Å². The molecule has 57 heavy (non-hydrogen) atoms. The van der Waals surface area contributed by atoms with E-state index in [4.69, 9.17) is 23.7 Å². The average molecular weight is 804 g/mol. The number of methoxy groups -OCH3 is 3. The lowest BCUT2D eigenvalue weighted by Crippen LogP contribution is -2.64. The van der Waals surface area contributed by atoms with Crippen molar-refractivity contribution in [3.8, 4) is 0 Å². The van der Waals surface area contributed by atoms with Gasteiger partial charge >= 0.3 is 5.97 Å². The van der Waals surface area contributed by atoms with Gasteiger partial charge in [0.15, 0.2) is 0 Å². The van der Waals surface area contributed by atoms with Crippen molar-refractivity contribution in [1.82, 2.24) is 4.90 Å². The van der Waals surface area contributed by atoms with Gasteiger partial charge in [0.1, 0.15) is 24.0 Å². The van der Waals surface area contributed by atoms with E-state index in [9.17, 15) is 34.5 Å². The molecular weight excluding hydrogens is 734 g/mol. The van der Waals surface area contributed by atoms with Crippen molar-refractivity contribution < 1.29 is 58.2 Å². The van der Waals surface area contributed by atoms with Gasteiger partial charge in [0, 0.05) is 52.0 Å². The fourth-order valence-corrected chi connectivity index (χ4v) is 9.40. The van der Waals surface area contributed by atoms with Crippen LogP contribution in [0.1, 0.15) is 105 Å². The van der Waals surface area contributed by atoms with Gasteiger partial charge in [-0.15, -0.1) is 6.58 Å². The summed E-state index contributed by atoms with van der Waals surface area (Å²) in [7, 11) is 4.63. The molecule has 0 radical (unpaired) electrons. The average Bonchev–Trinajstić information content (AvgIpc) is 3.19. The number of ketones is 2. The molecule has 3 heterocycles. The first-order valence-corrected chi connectivity index (χ1v) is 20.9. The molecule has 4 rings (SSSR count). The number of allylic oxidation sites excluding steroid dienone is 4. The maximum absolute atomic E-state index is 14.3. The molecule has 14 atom stereocenters. The van der Waals surface area contributed by atoms with Crippen LogP contribution in [0.25, 0.3) is 0 Å². The standard InChI is InChI=1S/C44H69NO12/c1-10-13-31-19-25(2)18-26(3)20-37(54-8)40-38(55-9)22-28(5)44(52,57-40)41(49)42(50)45-17-12-11-14-32(45)43(51)56-35(24-34(31)47)29(6)39(48)27(4)21-30-15-16-33(46)36(23-30)53-7/h10,19,21,26,28-33,35-40,46,48,52H,1,11-18,20,22-24H2,2-9H3/b25-19-,27-21+. The fraction of sp³-hybridized carbons (Fsp3) is 0.773. The second kappa shape index (κ2) is 21.0. The van der Waals surface area contributed by atoms with Gasteiger partial charge < -0.3 is 43.9 Å². The lowest BCUT2D eigenvalue weighted by molar-refractivity contribution is -0.302. The third kappa shape index (κ3) is 11.3. The zero-order chi connectivity index (χ0) is 42.2. The topological polar surface area (TPSA) is 178 Å². The molecule has 1 saturated carbocycles. The summed E-state index contributed by atoms with van der Waals surface area (Å²) < 4.78 is 29.6. The van der Waals surface area contributed by atoms with Gasteiger partial charge in [-0.1, -0.05) is 44.6 Å². The number of nitrogens with zero attached hydrogens (tertiary/aromatic N) is 1. The van der Waals surface area contributed by atoms with E-state index in [1.165, 1.54) is 14.2 Å². The molecule has 3 N–H and O–H groups in total. The van der Waals surface area contributed by atoms with Crippen molar-refractivity contribution in [2.24, 2.45) is 29.6 Å². The van der Waals surface area contributed by atoms with Crippen molar-refractivity contribution in [1.29, 1.82) is 0 Å². The van der Waals surface area contributed by atoms with Gasteiger partial charge in [-0.2, -0.15) is 0 Å². The van der Waals surface area contributed by atoms with E-state index in [2.05, 4.69) is 6.58 Å². The van der Waals surface area contributed by atoms with E-state index < -0.39 is 83.9 Å². The molecule has 13 nitrogen and oxygen atoms in total. The van der Waals surface area contributed by atoms with Crippen LogP contribution >= 0.6 is 0 Å². The van der Waals surface area contributed by atoms with Gasteiger partial charge in [-0.05, 0) is 95.5 Å². The lowest BCUT2D eigenvalue weighted by Gasteiger charge is -2.47. The van der Waals surface area contributed by atoms with Crippen LogP contribution in [0.2, 0.25) is 0 Å². The summed E-state index contributed by atoms with van der Waals surface area (Å²) in [6.07, 6.45) is 5.10. The van der Waals surface area contributed by atoms with Gasteiger partial charge in [0.05, 0.1) is 30.5 Å². The molecule has 4 aliphatic rings. The Morgan fingerprint density at radius 1 is 1.00 bits per heavy atom. The second-order valence-electron chi connectivity index (χ2n) is 17.3. The Bertz CT molecular complexity index is 1480. The predicted octanol–water partition coefficient (Wildman–Crippen LogP) is 4.64. The number of hydrogen-bond donors (Lipinski definition) is 3. The van der Waals surface area contributed by atoms with Gasteiger partial charge in [-0.25, -0.2) is 4.79 Å². The Morgan fingerprint density at radius 2 is 1.67 bits per heavy atom. The first-order valence-electron chi connectivity index (χ1n) is 20.9. The number of cyclic esters (lactones) is 1. The molecule has 3 aliphatic heterocycles. The van der Waals surface area contributed by atoms with Crippen molar-refractivity contribution in [3.63, 3.8) is 0 Å². The molecule has 14 unspecified atom stereocenters. The first kappa shape index (κ1) is 46.9. The number of aliphatic hydroxyl groups is 3. The van der Waals surface area contributed by atoms with Crippen LogP contribution in [0.5, 0.6) is 0 Å². The smallest absolute Gasteiger partial charge is 0.329 e. The highest BCUT2D eigenvalue weighted by molar-refractivity contribution is 6.39. The normalized spacial score (nSPS) is 39.1. The van der Waals surface area contributed by atoms with Crippen LogP contribution in [-0.4, -0.2) is 126 Å². The Morgan fingerprint density at radius 3 is 2.32 bits per heavy atom. The van der Waals surface area contributed by atoms with E-state index >= 15 is 0 Å². The number of hydrogen-bond acceptors (Lipinski definition) is 12. The number of carbonyl (C=O) groups excluding carboxylic acids is 4. The van der Waals surface area contributed by atoms with E-state index in [0.29, 0.717) is 56.9 Å². The van der Waals surface area contributed by atoms with E-state index in [1.54, 1.807) is 34.0 Å². The molecule has 0 aromatic rings. The number of fused-ring (bicyclic) bond motifs is 3. The third-order valence-electron chi connectivity index (χ3n) is 12.9. The second-order valence-corrected chi connectivity index (χ2v) is 17.3. The SMILES string of the molecule is C=CCC1/C=C(/C)CC(C)CC(OC)C2OC(O)(C(=O)C(=O)N3CCCCC3C(=O)OC(C(C)C(O)/C(C)=C/C3CCC(O)C(OC)C3)CC1=O)C(C)CC2OC. The van der Waals surface area contributed by atoms with Crippen molar-refractivity contribution >= 4 is 23.4 Å². The molecule has 2 saturated heterocycles. The summed E-state index contributed by atoms with van der Waals surface area (Å²) >= 11 is 0. The monoisotopic (exact) mass is 803 g/mol. The van der Waals surface area contributed by atoms with Crippen LogP contribution in [0.3, 0.4) is 0 Å². The summed E-state index contributed by atoms with van der Waals surface area (Å²) in [6.45, 7) is 13.1. The van der Waals surface area contributed by atoms with Crippen molar-refractivity contribution in [2.75, 3.05) is 27.9 Å².